The minimum absolute atomic E-state index is 0.0143. The summed E-state index contributed by atoms with van der Waals surface area (Å²) in [6.45, 7) is 1.33. The van der Waals surface area contributed by atoms with E-state index in [0.29, 0.717) is 0 Å². The summed E-state index contributed by atoms with van der Waals surface area (Å²) >= 11 is 0. The molecule has 2 N–H and O–H groups in total. The maximum Gasteiger partial charge on any atom is 0.322 e. The van der Waals surface area contributed by atoms with Crippen LogP contribution in [0.5, 0.6) is 0 Å². The lowest BCUT2D eigenvalue weighted by atomic mass is 10.0. The molecule has 0 bridgehead atoms. The van der Waals surface area contributed by atoms with Crippen LogP contribution in [0.4, 0.5) is 8.78 Å². The number of carbonyl (C=O) groups is 1. The van der Waals surface area contributed by atoms with Crippen LogP contribution in [0.1, 0.15) is 11.1 Å². The summed E-state index contributed by atoms with van der Waals surface area (Å²) in [5.74, 6) is -1.91. The Hall–Kier alpha value is -1.49. The summed E-state index contributed by atoms with van der Waals surface area (Å²) in [7, 11) is 1.20. The van der Waals surface area contributed by atoms with E-state index in [1.807, 2.05) is 0 Å². The number of halogens is 2. The number of carbonyl (C=O) groups excluding carboxylic acids is 1. The molecule has 5 heteroatoms. The molecule has 0 aliphatic carbocycles. The van der Waals surface area contributed by atoms with Gasteiger partial charge in [0.15, 0.2) is 0 Å². The summed E-state index contributed by atoms with van der Waals surface area (Å²) in [6.07, 6.45) is -0.0143. The highest BCUT2D eigenvalue weighted by atomic mass is 19.1. The van der Waals surface area contributed by atoms with E-state index < -0.39 is 23.6 Å². The van der Waals surface area contributed by atoms with Crippen LogP contribution < -0.4 is 5.73 Å². The van der Waals surface area contributed by atoms with Crippen LogP contribution in [0.2, 0.25) is 0 Å². The van der Waals surface area contributed by atoms with E-state index in [-0.39, 0.29) is 17.5 Å². The molecule has 1 rings (SSSR count). The van der Waals surface area contributed by atoms with Crippen LogP contribution in [0.15, 0.2) is 12.1 Å². The number of benzene rings is 1. The molecule has 0 spiro atoms. The number of nitrogens with two attached hydrogens (primary N) is 1. The molecule has 0 radical (unpaired) electrons. The largest absolute Gasteiger partial charge is 0.468 e. The van der Waals surface area contributed by atoms with Crippen molar-refractivity contribution in [3.63, 3.8) is 0 Å². The van der Waals surface area contributed by atoms with E-state index in [2.05, 4.69) is 4.74 Å². The molecule has 0 amide bonds. The quantitative estimate of drug-likeness (QED) is 0.795. The van der Waals surface area contributed by atoms with Crippen LogP contribution in [0.25, 0.3) is 0 Å². The van der Waals surface area contributed by atoms with Crippen molar-refractivity contribution in [3.8, 4) is 0 Å². The van der Waals surface area contributed by atoms with E-state index in [1.165, 1.54) is 20.1 Å². The van der Waals surface area contributed by atoms with Crippen LogP contribution >= 0.6 is 0 Å². The first-order chi connectivity index (χ1) is 7.47. The van der Waals surface area contributed by atoms with Gasteiger partial charge in [0.05, 0.1) is 7.11 Å². The van der Waals surface area contributed by atoms with Crippen molar-refractivity contribution in [1.82, 2.24) is 0 Å². The molecule has 3 nitrogen and oxygen atoms in total. The van der Waals surface area contributed by atoms with E-state index >= 15 is 0 Å². The Morgan fingerprint density at radius 2 is 2.12 bits per heavy atom. The summed E-state index contributed by atoms with van der Waals surface area (Å²) in [5, 5.41) is 0. The molecular weight excluding hydrogens is 216 g/mol. The lowest BCUT2D eigenvalue weighted by Crippen LogP contribution is -2.34. The van der Waals surface area contributed by atoms with Gasteiger partial charge in [0, 0.05) is 12.0 Å². The van der Waals surface area contributed by atoms with E-state index in [0.717, 1.165) is 6.07 Å². The minimum Gasteiger partial charge on any atom is -0.468 e. The van der Waals surface area contributed by atoms with Gasteiger partial charge in [0.25, 0.3) is 0 Å². The smallest absolute Gasteiger partial charge is 0.322 e. The van der Waals surface area contributed by atoms with Gasteiger partial charge in [-0.05, 0) is 18.6 Å². The first-order valence-electron chi connectivity index (χ1n) is 4.74. The van der Waals surface area contributed by atoms with Crippen molar-refractivity contribution < 1.29 is 18.3 Å². The van der Waals surface area contributed by atoms with Crippen molar-refractivity contribution in [2.24, 2.45) is 5.73 Å². The number of methoxy groups -OCH3 is 1. The number of hydrogen-bond acceptors (Lipinski definition) is 3. The molecule has 0 saturated carbocycles. The summed E-state index contributed by atoms with van der Waals surface area (Å²) in [5.41, 5.74) is 5.61. The average Bonchev–Trinajstić information content (AvgIpc) is 2.28. The molecular formula is C11H13F2NO2. The Morgan fingerprint density at radius 3 is 2.69 bits per heavy atom. The molecule has 88 valence electrons. The van der Waals surface area contributed by atoms with Gasteiger partial charge in [-0.2, -0.15) is 0 Å². The predicted octanol–water partition coefficient (Wildman–Crippen LogP) is 1.32. The van der Waals surface area contributed by atoms with Gasteiger partial charge in [-0.3, -0.25) is 4.79 Å². The molecule has 1 aromatic carbocycles. The zero-order chi connectivity index (χ0) is 12.3. The van der Waals surface area contributed by atoms with Gasteiger partial charge in [-0.15, -0.1) is 0 Å². The standard InChI is InChI=1S/C11H13F2NO2/c1-6-8(12)4-3-7(10(6)13)5-9(14)11(15)16-2/h3-4,9H,5,14H2,1-2H3. The Kier molecular flexibility index (Phi) is 3.95. The van der Waals surface area contributed by atoms with Crippen molar-refractivity contribution in [2.45, 2.75) is 19.4 Å². The fraction of sp³-hybridized carbons (Fsp3) is 0.364. The fourth-order valence-electron chi connectivity index (χ4n) is 1.35. The van der Waals surface area contributed by atoms with E-state index in [4.69, 9.17) is 5.73 Å². The number of hydrogen-bond donors (Lipinski definition) is 1. The van der Waals surface area contributed by atoms with Crippen LogP contribution in [-0.2, 0) is 16.0 Å². The van der Waals surface area contributed by atoms with E-state index in [9.17, 15) is 13.6 Å². The second-order valence-corrected chi connectivity index (χ2v) is 3.48. The van der Waals surface area contributed by atoms with Gasteiger partial charge >= 0.3 is 5.97 Å². The molecule has 0 aliphatic heterocycles. The minimum atomic E-state index is -0.940. The van der Waals surface area contributed by atoms with Gasteiger partial charge in [0.1, 0.15) is 17.7 Å². The fourth-order valence-corrected chi connectivity index (χ4v) is 1.35. The molecule has 16 heavy (non-hydrogen) atoms. The second kappa shape index (κ2) is 5.03. The Labute approximate surface area is 92.2 Å². The average molecular weight is 229 g/mol. The summed E-state index contributed by atoms with van der Waals surface area (Å²) in [4.78, 5) is 11.0. The lowest BCUT2D eigenvalue weighted by molar-refractivity contribution is -0.142. The highest BCUT2D eigenvalue weighted by molar-refractivity contribution is 5.75. The monoisotopic (exact) mass is 229 g/mol. The predicted molar refractivity (Wildman–Crippen MR) is 54.8 cm³/mol. The molecule has 1 aromatic rings. The zero-order valence-corrected chi connectivity index (χ0v) is 9.09. The normalized spacial score (nSPS) is 12.3. The highest BCUT2D eigenvalue weighted by Gasteiger charge is 2.18. The zero-order valence-electron chi connectivity index (χ0n) is 9.09. The number of rotatable bonds is 3. The third-order valence-electron chi connectivity index (χ3n) is 2.34. The summed E-state index contributed by atoms with van der Waals surface area (Å²) < 4.78 is 30.9. The Bertz CT molecular complexity index is 407. The SMILES string of the molecule is COC(=O)C(N)Cc1ccc(F)c(C)c1F. The maximum atomic E-state index is 13.5. The van der Waals surface area contributed by atoms with Crippen molar-refractivity contribution in [3.05, 3.63) is 34.9 Å². The van der Waals surface area contributed by atoms with Gasteiger partial charge in [0.2, 0.25) is 0 Å². The molecule has 1 atom stereocenters. The van der Waals surface area contributed by atoms with Gasteiger partial charge in [-0.25, -0.2) is 8.78 Å². The third-order valence-corrected chi connectivity index (χ3v) is 2.34. The molecule has 0 fully saturated rings. The van der Waals surface area contributed by atoms with Crippen molar-refractivity contribution in [1.29, 1.82) is 0 Å². The van der Waals surface area contributed by atoms with E-state index in [1.54, 1.807) is 0 Å². The number of ether oxygens (including phenoxy) is 1. The Morgan fingerprint density at radius 1 is 1.50 bits per heavy atom. The maximum absolute atomic E-state index is 13.5. The number of esters is 1. The second-order valence-electron chi connectivity index (χ2n) is 3.48. The molecule has 0 heterocycles. The third kappa shape index (κ3) is 2.55. The highest BCUT2D eigenvalue weighted by Crippen LogP contribution is 2.17. The first kappa shape index (κ1) is 12.6. The molecule has 0 saturated heterocycles. The van der Waals surface area contributed by atoms with Gasteiger partial charge < -0.3 is 10.5 Å². The summed E-state index contributed by atoms with van der Waals surface area (Å²) in [6, 6.07) is 1.49. The topological polar surface area (TPSA) is 52.3 Å². The molecule has 0 aromatic heterocycles. The lowest BCUT2D eigenvalue weighted by Gasteiger charge is -2.11. The van der Waals surface area contributed by atoms with Crippen LogP contribution in [0.3, 0.4) is 0 Å². The van der Waals surface area contributed by atoms with Crippen molar-refractivity contribution in [2.75, 3.05) is 7.11 Å². The van der Waals surface area contributed by atoms with Gasteiger partial charge in [-0.1, -0.05) is 6.07 Å². The molecule has 1 unspecified atom stereocenters. The molecule has 0 aliphatic rings. The van der Waals surface area contributed by atoms with Crippen molar-refractivity contribution >= 4 is 5.97 Å². The first-order valence-corrected chi connectivity index (χ1v) is 4.74. The Balaban J connectivity index is 2.90. The van der Waals surface area contributed by atoms with Crippen LogP contribution in [-0.4, -0.2) is 19.1 Å². The van der Waals surface area contributed by atoms with Crippen LogP contribution in [0, 0.1) is 18.6 Å².